The second-order valence-corrected chi connectivity index (χ2v) is 11.6. The van der Waals surface area contributed by atoms with Gasteiger partial charge in [-0.2, -0.15) is 0 Å². The molecule has 5 heteroatoms. The molecule has 5 rings (SSSR count). The van der Waals surface area contributed by atoms with Crippen molar-refractivity contribution in [1.29, 1.82) is 0 Å². The fourth-order valence-corrected chi connectivity index (χ4v) is 7.26. The molecule has 1 saturated carbocycles. The molecule has 1 saturated heterocycles. The van der Waals surface area contributed by atoms with Crippen molar-refractivity contribution in [3.05, 3.63) is 22.2 Å². The van der Waals surface area contributed by atoms with Crippen LogP contribution in [0.4, 0.5) is 5.69 Å². The first kappa shape index (κ1) is 18.4. The number of nitrogen functional groups attached to an aromatic ring is 1. The third-order valence-electron chi connectivity index (χ3n) is 7.59. The number of hydrogen-bond donors (Lipinski definition) is 1. The van der Waals surface area contributed by atoms with Gasteiger partial charge in [-0.05, 0) is 66.9 Å². The third kappa shape index (κ3) is 2.69. The Morgan fingerprint density at radius 1 is 1.36 bits per heavy atom. The number of aryl methyl sites for hydroxylation is 1. The van der Waals surface area contributed by atoms with Crippen LogP contribution in [-0.2, 0) is 12.8 Å². The van der Waals surface area contributed by atoms with Crippen LogP contribution >= 0.6 is 11.3 Å². The van der Waals surface area contributed by atoms with E-state index < -0.39 is 0 Å². The van der Waals surface area contributed by atoms with Crippen molar-refractivity contribution >= 4 is 33.1 Å². The highest BCUT2D eigenvalue weighted by atomic mass is 32.1. The van der Waals surface area contributed by atoms with Gasteiger partial charge in [-0.25, -0.2) is 4.98 Å². The molecule has 3 unspecified atom stereocenters. The van der Waals surface area contributed by atoms with Crippen LogP contribution in [0, 0.1) is 16.7 Å². The fourth-order valence-electron chi connectivity index (χ4n) is 6.21. The summed E-state index contributed by atoms with van der Waals surface area (Å²) in [4.78, 5) is 22.2. The summed E-state index contributed by atoms with van der Waals surface area (Å²) in [6, 6.07) is 2.52. The lowest BCUT2D eigenvalue weighted by Gasteiger charge is -2.40. The Labute approximate surface area is 171 Å². The summed E-state index contributed by atoms with van der Waals surface area (Å²) in [5, 5.41) is 0.980. The average Bonchev–Trinajstić information content (AvgIpc) is 3.03. The van der Waals surface area contributed by atoms with Gasteiger partial charge < -0.3 is 10.6 Å². The van der Waals surface area contributed by atoms with E-state index in [2.05, 4.69) is 38.7 Å². The van der Waals surface area contributed by atoms with E-state index in [-0.39, 0.29) is 11.3 Å². The van der Waals surface area contributed by atoms with Gasteiger partial charge in [0.25, 0.3) is 5.91 Å². The number of piperidine rings is 1. The summed E-state index contributed by atoms with van der Waals surface area (Å²) in [7, 11) is 0. The summed E-state index contributed by atoms with van der Waals surface area (Å²) in [5.74, 6) is 0.814. The van der Waals surface area contributed by atoms with Crippen molar-refractivity contribution in [2.75, 3.05) is 12.3 Å². The highest BCUT2D eigenvalue weighted by Crippen LogP contribution is 2.56. The maximum atomic E-state index is 13.6. The fraction of sp³-hybridized carbons (Fsp3) is 0.652. The van der Waals surface area contributed by atoms with Crippen molar-refractivity contribution in [2.45, 2.75) is 72.3 Å². The number of anilines is 1. The Balaban J connectivity index is 1.53. The molecule has 4 nitrogen and oxygen atoms in total. The van der Waals surface area contributed by atoms with E-state index in [0.717, 1.165) is 42.4 Å². The molecule has 0 spiro atoms. The number of thiophene rings is 1. The lowest BCUT2D eigenvalue weighted by Crippen LogP contribution is -2.48. The molecule has 1 amide bonds. The largest absolute Gasteiger partial charge is 0.397 e. The molecule has 2 bridgehead atoms. The van der Waals surface area contributed by atoms with Crippen LogP contribution in [0.5, 0.6) is 0 Å². The normalized spacial score (nSPS) is 31.2. The summed E-state index contributed by atoms with van der Waals surface area (Å²) in [6.07, 6.45) is 6.70. The van der Waals surface area contributed by atoms with E-state index in [1.165, 1.54) is 35.4 Å². The van der Waals surface area contributed by atoms with Crippen molar-refractivity contribution in [3.63, 3.8) is 0 Å². The maximum Gasteiger partial charge on any atom is 0.266 e. The van der Waals surface area contributed by atoms with Gasteiger partial charge >= 0.3 is 0 Å². The number of carbonyl (C=O) groups excluding carboxylic acids is 1. The average molecular weight is 398 g/mol. The van der Waals surface area contributed by atoms with E-state index in [4.69, 9.17) is 10.7 Å². The number of rotatable bonds is 1. The molecule has 2 aromatic rings. The van der Waals surface area contributed by atoms with Gasteiger partial charge in [-0.3, -0.25) is 4.79 Å². The Kier molecular flexibility index (Phi) is 3.91. The molecule has 0 radical (unpaired) electrons. The zero-order chi connectivity index (χ0) is 19.8. The SMILES string of the molecule is CC1CCc2nc3sc(C(=O)N4CCC5(C)CC4C(C)(C)C5)c(N)c3cc2C1. The summed E-state index contributed by atoms with van der Waals surface area (Å²) >= 11 is 1.50. The van der Waals surface area contributed by atoms with E-state index in [9.17, 15) is 4.79 Å². The van der Waals surface area contributed by atoms with Gasteiger partial charge in [0.15, 0.2) is 0 Å². The maximum absolute atomic E-state index is 13.6. The molecule has 2 aliphatic carbocycles. The number of hydrogen-bond acceptors (Lipinski definition) is 4. The smallest absolute Gasteiger partial charge is 0.266 e. The molecule has 1 aliphatic heterocycles. The highest BCUT2D eigenvalue weighted by Gasteiger charge is 2.53. The Hall–Kier alpha value is -1.62. The van der Waals surface area contributed by atoms with E-state index in [0.29, 0.717) is 27.9 Å². The standard InChI is InChI=1S/C23H31N3OS/c1-13-5-6-16-14(9-13)10-15-18(24)19(28-20(15)25-16)21(27)26-8-7-23(4)11-17(26)22(2,3)12-23/h10,13,17H,5-9,11-12,24H2,1-4H3. The quantitative estimate of drug-likeness (QED) is 0.733. The van der Waals surface area contributed by atoms with Gasteiger partial charge in [0.05, 0.1) is 5.69 Å². The summed E-state index contributed by atoms with van der Waals surface area (Å²) < 4.78 is 0. The van der Waals surface area contributed by atoms with Crippen LogP contribution in [0.2, 0.25) is 0 Å². The second kappa shape index (κ2) is 5.94. The van der Waals surface area contributed by atoms with Crippen LogP contribution in [0.15, 0.2) is 6.07 Å². The predicted molar refractivity (Wildman–Crippen MR) is 116 cm³/mol. The van der Waals surface area contributed by atoms with Gasteiger partial charge in [-0.1, -0.05) is 27.7 Å². The molecule has 2 fully saturated rings. The summed E-state index contributed by atoms with van der Waals surface area (Å²) in [5.41, 5.74) is 10.2. The van der Waals surface area contributed by atoms with Crippen molar-refractivity contribution in [1.82, 2.24) is 9.88 Å². The minimum Gasteiger partial charge on any atom is -0.397 e. The minimum atomic E-state index is 0.119. The summed E-state index contributed by atoms with van der Waals surface area (Å²) in [6.45, 7) is 10.2. The molecule has 3 heterocycles. The zero-order valence-corrected chi connectivity index (χ0v) is 18.3. The van der Waals surface area contributed by atoms with Crippen molar-refractivity contribution in [3.8, 4) is 0 Å². The molecular formula is C23H31N3OS. The van der Waals surface area contributed by atoms with E-state index in [1.807, 2.05) is 0 Å². The number of fused-ring (bicyclic) bond motifs is 4. The van der Waals surface area contributed by atoms with Crippen LogP contribution in [0.25, 0.3) is 10.2 Å². The molecule has 28 heavy (non-hydrogen) atoms. The Morgan fingerprint density at radius 2 is 2.14 bits per heavy atom. The lowest BCUT2D eigenvalue weighted by molar-refractivity contribution is 0.0480. The Bertz CT molecular complexity index is 978. The molecule has 0 aromatic carbocycles. The van der Waals surface area contributed by atoms with E-state index in [1.54, 1.807) is 0 Å². The number of nitrogens with two attached hydrogens (primary N) is 1. The molecule has 2 N–H and O–H groups in total. The number of nitrogens with zero attached hydrogens (tertiary/aromatic N) is 2. The predicted octanol–water partition coefficient (Wildman–Crippen LogP) is 5.04. The lowest BCUT2D eigenvalue weighted by atomic mass is 9.81. The number of amides is 1. The number of aromatic nitrogens is 1. The highest BCUT2D eigenvalue weighted by molar-refractivity contribution is 7.21. The number of carbonyl (C=O) groups is 1. The number of likely N-dealkylation sites (tertiary alicyclic amines) is 1. The van der Waals surface area contributed by atoms with Crippen LogP contribution in [-0.4, -0.2) is 28.4 Å². The molecule has 3 aliphatic rings. The Morgan fingerprint density at radius 3 is 2.93 bits per heavy atom. The van der Waals surface area contributed by atoms with Crippen LogP contribution in [0.1, 0.15) is 74.3 Å². The monoisotopic (exact) mass is 397 g/mol. The van der Waals surface area contributed by atoms with Gasteiger partial charge in [0, 0.05) is 23.7 Å². The molecule has 150 valence electrons. The van der Waals surface area contributed by atoms with Crippen molar-refractivity contribution < 1.29 is 4.79 Å². The van der Waals surface area contributed by atoms with E-state index >= 15 is 0 Å². The zero-order valence-electron chi connectivity index (χ0n) is 17.5. The van der Waals surface area contributed by atoms with Gasteiger partial charge in [0.1, 0.15) is 9.71 Å². The molecule has 2 aromatic heterocycles. The third-order valence-corrected chi connectivity index (χ3v) is 8.69. The second-order valence-electron chi connectivity index (χ2n) is 10.6. The first-order valence-corrected chi connectivity index (χ1v) is 11.5. The van der Waals surface area contributed by atoms with Gasteiger partial charge in [-0.15, -0.1) is 11.3 Å². The van der Waals surface area contributed by atoms with Crippen LogP contribution < -0.4 is 5.73 Å². The minimum absolute atomic E-state index is 0.119. The van der Waals surface area contributed by atoms with Gasteiger partial charge in [0.2, 0.25) is 0 Å². The molecule has 3 atom stereocenters. The first-order chi connectivity index (χ1) is 13.2. The van der Waals surface area contributed by atoms with Crippen LogP contribution in [0.3, 0.4) is 0 Å². The number of pyridine rings is 1. The first-order valence-electron chi connectivity index (χ1n) is 10.7. The van der Waals surface area contributed by atoms with Crippen molar-refractivity contribution in [2.24, 2.45) is 16.7 Å². The molecular weight excluding hydrogens is 366 g/mol. The topological polar surface area (TPSA) is 59.2 Å².